The number of aliphatic hydroxyl groups excluding tert-OH is 1. The van der Waals surface area contributed by atoms with E-state index in [4.69, 9.17) is 10.8 Å². The topological polar surface area (TPSA) is 64.1 Å². The molecule has 0 spiro atoms. The van der Waals surface area contributed by atoms with Gasteiger partial charge in [-0.2, -0.15) is 18.3 Å². The average molecular weight is 438 g/mol. The van der Waals surface area contributed by atoms with Gasteiger partial charge in [0.25, 0.3) is 0 Å². The number of thioether (sulfide) groups is 1. The smallest absolute Gasteiger partial charge is 0.395 e. The number of hydrogen-bond acceptors (Lipinski definition) is 4. The van der Waals surface area contributed by atoms with Crippen molar-refractivity contribution < 1.29 is 18.3 Å². The summed E-state index contributed by atoms with van der Waals surface area (Å²) in [7, 11) is 1.49. The zero-order chi connectivity index (χ0) is 20.4. The maximum absolute atomic E-state index is 13.3. The van der Waals surface area contributed by atoms with Gasteiger partial charge in [0.15, 0.2) is 5.69 Å². The van der Waals surface area contributed by atoms with Gasteiger partial charge in [-0.05, 0) is 23.0 Å². The number of alkyl halides is 3. The van der Waals surface area contributed by atoms with Crippen LogP contribution in [-0.4, -0.2) is 27.5 Å². The normalized spacial score (nSPS) is 13.3. The summed E-state index contributed by atoms with van der Waals surface area (Å²) in [5.41, 5.74) is 7.07. The first kappa shape index (κ1) is 24.8. The molecule has 0 radical (unpaired) electrons. The summed E-state index contributed by atoms with van der Waals surface area (Å²) in [5, 5.41) is 13.2. The van der Waals surface area contributed by atoms with E-state index in [-0.39, 0.29) is 36.4 Å². The van der Waals surface area contributed by atoms with Gasteiger partial charge < -0.3 is 10.8 Å². The zero-order valence-corrected chi connectivity index (χ0v) is 18.0. The quantitative estimate of drug-likeness (QED) is 0.661. The van der Waals surface area contributed by atoms with Crippen LogP contribution in [0.15, 0.2) is 29.3 Å². The first-order valence-corrected chi connectivity index (χ1v) is 9.63. The maximum atomic E-state index is 13.3. The highest BCUT2D eigenvalue weighted by molar-refractivity contribution is 7.98. The van der Waals surface area contributed by atoms with Gasteiger partial charge in [-0.15, -0.1) is 24.2 Å². The van der Waals surface area contributed by atoms with E-state index in [1.165, 1.54) is 29.1 Å². The van der Waals surface area contributed by atoms with E-state index in [0.29, 0.717) is 10.8 Å². The number of benzene rings is 1. The van der Waals surface area contributed by atoms with Crippen molar-refractivity contribution >= 4 is 24.2 Å². The van der Waals surface area contributed by atoms with E-state index in [1.54, 1.807) is 0 Å². The third-order valence-electron chi connectivity index (χ3n) is 4.25. The van der Waals surface area contributed by atoms with E-state index >= 15 is 0 Å². The van der Waals surface area contributed by atoms with Crippen LogP contribution in [0.5, 0.6) is 0 Å². The summed E-state index contributed by atoms with van der Waals surface area (Å²) < 4.78 is 41.2. The molecule has 158 valence electrons. The second-order valence-corrected chi connectivity index (χ2v) is 8.60. The van der Waals surface area contributed by atoms with Gasteiger partial charge in [-0.3, -0.25) is 4.68 Å². The molecule has 4 nitrogen and oxygen atoms in total. The lowest BCUT2D eigenvalue weighted by molar-refractivity contribution is -0.142. The van der Waals surface area contributed by atoms with Crippen molar-refractivity contribution in [3.63, 3.8) is 0 Å². The van der Waals surface area contributed by atoms with Crippen LogP contribution < -0.4 is 5.73 Å². The van der Waals surface area contributed by atoms with Crippen molar-refractivity contribution in [2.24, 2.45) is 12.8 Å². The molecule has 0 aliphatic rings. The van der Waals surface area contributed by atoms with Crippen LogP contribution in [0.2, 0.25) is 0 Å². The van der Waals surface area contributed by atoms with E-state index < -0.39 is 17.9 Å². The molecule has 2 rings (SSSR count). The number of nitrogens with zero attached hydrogens (tertiary/aromatic N) is 2. The Kier molecular flexibility index (Phi) is 8.44. The van der Waals surface area contributed by atoms with Gasteiger partial charge in [-0.1, -0.05) is 45.0 Å². The van der Waals surface area contributed by atoms with Crippen LogP contribution in [0.4, 0.5) is 13.2 Å². The van der Waals surface area contributed by atoms with Gasteiger partial charge in [0.2, 0.25) is 0 Å². The minimum atomic E-state index is -4.56. The predicted molar refractivity (Wildman–Crippen MR) is 109 cm³/mol. The summed E-state index contributed by atoms with van der Waals surface area (Å²) in [4.78, 5) is 0. The van der Waals surface area contributed by atoms with Gasteiger partial charge in [0.1, 0.15) is 0 Å². The molecule has 1 unspecified atom stereocenters. The van der Waals surface area contributed by atoms with Crippen molar-refractivity contribution in [3.05, 3.63) is 46.6 Å². The highest BCUT2D eigenvalue weighted by atomic mass is 35.5. The Morgan fingerprint density at radius 1 is 1.18 bits per heavy atom. The molecule has 9 heteroatoms. The molecule has 0 bridgehead atoms. The molecule has 0 fully saturated rings. The standard InChI is InChI=1S/C19H26F3N3OS.ClH/c1-18(2,3)13-7-5-12(6-8-13)11-27-17-15(9-14(23)10-26)16(19(20,21)22)24-25(17)4;/h5-8,14,26H,9-11,23H2,1-4H3;1H. The Labute approximate surface area is 174 Å². The van der Waals surface area contributed by atoms with E-state index in [2.05, 4.69) is 25.9 Å². The number of hydrogen-bond donors (Lipinski definition) is 2. The summed E-state index contributed by atoms with van der Waals surface area (Å²) in [5.74, 6) is 0.516. The molecule has 3 N–H and O–H groups in total. The van der Waals surface area contributed by atoms with Gasteiger partial charge in [-0.25, -0.2) is 0 Å². The molecule has 1 aromatic heterocycles. The third kappa shape index (κ3) is 6.14. The van der Waals surface area contributed by atoms with Crippen LogP contribution in [-0.2, 0) is 30.8 Å². The fourth-order valence-corrected chi connectivity index (χ4v) is 3.80. The highest BCUT2D eigenvalue weighted by Gasteiger charge is 2.39. The second kappa shape index (κ2) is 9.52. The van der Waals surface area contributed by atoms with E-state index in [0.717, 1.165) is 5.56 Å². The Balaban J connectivity index is 0.00000392. The largest absolute Gasteiger partial charge is 0.435 e. The first-order chi connectivity index (χ1) is 12.4. The predicted octanol–water partition coefficient (Wildman–Crippen LogP) is 4.31. The van der Waals surface area contributed by atoms with Crippen molar-refractivity contribution in [3.8, 4) is 0 Å². The number of rotatable bonds is 6. The minimum absolute atomic E-state index is 0. The molecule has 0 saturated heterocycles. The molecule has 1 aromatic carbocycles. The summed E-state index contributed by atoms with van der Waals surface area (Å²) in [6.07, 6.45) is -4.64. The monoisotopic (exact) mass is 437 g/mol. The molecule has 0 aliphatic carbocycles. The Hall–Kier alpha value is -1.22. The first-order valence-electron chi connectivity index (χ1n) is 8.65. The summed E-state index contributed by atoms with van der Waals surface area (Å²) in [6.45, 7) is 6.00. The molecule has 0 amide bonds. The molecule has 0 aliphatic heterocycles. The van der Waals surface area contributed by atoms with Gasteiger partial charge in [0.05, 0.1) is 11.6 Å². The van der Waals surface area contributed by atoms with Crippen LogP contribution in [0, 0.1) is 0 Å². The highest BCUT2D eigenvalue weighted by Crippen LogP contribution is 2.37. The Bertz CT molecular complexity index is 770. The van der Waals surface area contributed by atoms with E-state index in [9.17, 15) is 13.2 Å². The molecule has 1 atom stereocenters. The SMILES string of the molecule is Cl.Cn1nc(C(F)(F)F)c(CC(N)CO)c1SCc1ccc(C(C)(C)C)cc1. The summed E-state index contributed by atoms with van der Waals surface area (Å²) >= 11 is 1.29. The van der Waals surface area contributed by atoms with Gasteiger partial charge in [0, 0.05) is 24.4 Å². The Morgan fingerprint density at radius 2 is 1.75 bits per heavy atom. The Morgan fingerprint density at radius 3 is 2.21 bits per heavy atom. The fraction of sp³-hybridized carbons (Fsp3) is 0.526. The van der Waals surface area contributed by atoms with Crippen LogP contribution >= 0.6 is 24.2 Å². The van der Waals surface area contributed by atoms with Crippen molar-refractivity contribution in [2.45, 2.75) is 55.6 Å². The molecule has 2 aromatic rings. The number of aryl methyl sites for hydroxylation is 1. The van der Waals surface area contributed by atoms with Crippen LogP contribution in [0.1, 0.15) is 43.2 Å². The van der Waals surface area contributed by atoms with Crippen LogP contribution in [0.3, 0.4) is 0 Å². The van der Waals surface area contributed by atoms with Crippen molar-refractivity contribution in [2.75, 3.05) is 6.61 Å². The molecular formula is C19H27ClF3N3OS. The fourth-order valence-electron chi connectivity index (χ4n) is 2.72. The zero-order valence-electron chi connectivity index (χ0n) is 16.4. The molecule has 0 saturated carbocycles. The number of nitrogens with two attached hydrogens (primary N) is 1. The second-order valence-electron chi connectivity index (χ2n) is 7.64. The van der Waals surface area contributed by atoms with Gasteiger partial charge >= 0.3 is 6.18 Å². The molecule has 1 heterocycles. The minimum Gasteiger partial charge on any atom is -0.395 e. The van der Waals surface area contributed by atoms with Crippen LogP contribution in [0.25, 0.3) is 0 Å². The number of halogens is 4. The lowest BCUT2D eigenvalue weighted by atomic mass is 9.87. The average Bonchev–Trinajstić information content (AvgIpc) is 2.88. The third-order valence-corrected chi connectivity index (χ3v) is 5.51. The summed E-state index contributed by atoms with van der Waals surface area (Å²) in [6, 6.07) is 7.31. The maximum Gasteiger partial charge on any atom is 0.435 e. The molecular weight excluding hydrogens is 411 g/mol. The number of aliphatic hydroxyl groups is 1. The molecule has 28 heavy (non-hydrogen) atoms. The van der Waals surface area contributed by atoms with Crippen molar-refractivity contribution in [1.29, 1.82) is 0 Å². The lowest BCUT2D eigenvalue weighted by Gasteiger charge is -2.19. The number of aromatic nitrogens is 2. The lowest BCUT2D eigenvalue weighted by Crippen LogP contribution is -2.28. The van der Waals surface area contributed by atoms with E-state index in [1.807, 2.05) is 24.3 Å². The van der Waals surface area contributed by atoms with Crippen molar-refractivity contribution in [1.82, 2.24) is 9.78 Å².